The Kier molecular flexibility index (Phi) is 7.97. The lowest BCUT2D eigenvalue weighted by molar-refractivity contribution is -0.133. The predicted molar refractivity (Wildman–Crippen MR) is 114 cm³/mol. The Morgan fingerprint density at radius 2 is 1.79 bits per heavy atom. The molecule has 0 radical (unpaired) electrons. The van der Waals surface area contributed by atoms with Gasteiger partial charge in [-0.15, -0.1) is 0 Å². The van der Waals surface area contributed by atoms with E-state index in [-0.39, 0.29) is 35.8 Å². The molecule has 3 aliphatic heterocycles. The van der Waals surface area contributed by atoms with Crippen molar-refractivity contribution in [2.45, 2.75) is 84.4 Å². The van der Waals surface area contributed by atoms with E-state index in [0.29, 0.717) is 31.4 Å². The van der Waals surface area contributed by atoms with Crippen LogP contribution in [0.4, 0.5) is 0 Å². The molecular weight excluding hydrogens is 366 g/mol. The summed E-state index contributed by atoms with van der Waals surface area (Å²) in [6.45, 7) is 13.0. The highest BCUT2D eigenvalue weighted by Gasteiger charge is 2.51. The van der Waals surface area contributed by atoms with Gasteiger partial charge in [0.25, 0.3) is 0 Å². The molecule has 3 rings (SSSR count). The molecule has 3 aliphatic rings. The molecule has 0 bridgehead atoms. The Morgan fingerprint density at radius 1 is 1.10 bits per heavy atom. The van der Waals surface area contributed by atoms with Gasteiger partial charge in [0.2, 0.25) is 11.8 Å². The van der Waals surface area contributed by atoms with Crippen molar-refractivity contribution in [3.05, 3.63) is 0 Å². The van der Waals surface area contributed by atoms with E-state index >= 15 is 0 Å². The first kappa shape index (κ1) is 22.5. The molecule has 0 aliphatic carbocycles. The van der Waals surface area contributed by atoms with E-state index in [9.17, 15) is 9.59 Å². The van der Waals surface area contributed by atoms with Crippen molar-refractivity contribution < 1.29 is 14.3 Å². The van der Waals surface area contributed by atoms with Gasteiger partial charge in [-0.3, -0.25) is 14.5 Å². The van der Waals surface area contributed by atoms with Gasteiger partial charge >= 0.3 is 0 Å². The van der Waals surface area contributed by atoms with Crippen molar-refractivity contribution >= 4 is 11.8 Å². The molecule has 3 saturated heterocycles. The van der Waals surface area contributed by atoms with Gasteiger partial charge in [-0.1, -0.05) is 26.7 Å². The number of fused-ring (bicyclic) bond motifs is 1. The summed E-state index contributed by atoms with van der Waals surface area (Å²) in [5.74, 6) is 1.60. The highest BCUT2D eigenvalue weighted by atomic mass is 16.5. The van der Waals surface area contributed by atoms with Crippen LogP contribution in [0.25, 0.3) is 0 Å². The molecule has 3 heterocycles. The van der Waals surface area contributed by atoms with Crippen LogP contribution in [0.3, 0.4) is 0 Å². The summed E-state index contributed by atoms with van der Waals surface area (Å²) in [5.41, 5.74) is 0. The Balaban J connectivity index is 1.69. The van der Waals surface area contributed by atoms with Crippen LogP contribution >= 0.6 is 0 Å². The number of likely N-dealkylation sites (tertiary alicyclic amines) is 2. The van der Waals surface area contributed by atoms with Gasteiger partial charge in [0, 0.05) is 50.6 Å². The summed E-state index contributed by atoms with van der Waals surface area (Å²) in [5, 5.41) is 3.05. The average Bonchev–Trinajstić information content (AvgIpc) is 3.39. The van der Waals surface area contributed by atoms with Crippen molar-refractivity contribution in [3.8, 4) is 0 Å². The zero-order chi connectivity index (χ0) is 21.0. The summed E-state index contributed by atoms with van der Waals surface area (Å²) >= 11 is 0. The SMILES string of the molecule is CCC(CC)CN1C[C@@H](CC(=O)NC(C)C)[C@H]2[C@H](CC(=O)N3CCCC3)OC[C@H]21. The maximum absolute atomic E-state index is 12.8. The van der Waals surface area contributed by atoms with E-state index in [4.69, 9.17) is 4.74 Å². The molecule has 29 heavy (non-hydrogen) atoms. The molecule has 2 amide bonds. The van der Waals surface area contributed by atoms with Gasteiger partial charge in [-0.2, -0.15) is 0 Å². The summed E-state index contributed by atoms with van der Waals surface area (Å²) < 4.78 is 6.20. The second-order valence-electron chi connectivity index (χ2n) is 9.63. The molecule has 4 atom stereocenters. The van der Waals surface area contributed by atoms with E-state index in [1.54, 1.807) is 0 Å². The fourth-order valence-electron chi connectivity index (χ4n) is 5.59. The van der Waals surface area contributed by atoms with E-state index in [1.165, 1.54) is 12.8 Å². The topological polar surface area (TPSA) is 61.9 Å². The first-order chi connectivity index (χ1) is 13.9. The number of hydrogen-bond acceptors (Lipinski definition) is 4. The van der Waals surface area contributed by atoms with Crippen LogP contribution in [-0.2, 0) is 14.3 Å². The lowest BCUT2D eigenvalue weighted by Crippen LogP contribution is -2.38. The summed E-state index contributed by atoms with van der Waals surface area (Å²) in [6, 6.07) is 0.511. The molecule has 6 nitrogen and oxygen atoms in total. The van der Waals surface area contributed by atoms with Crippen LogP contribution in [0.2, 0.25) is 0 Å². The van der Waals surface area contributed by atoms with Crippen LogP contribution in [0.1, 0.15) is 66.2 Å². The van der Waals surface area contributed by atoms with Gasteiger partial charge in [-0.05, 0) is 38.5 Å². The number of rotatable bonds is 9. The maximum atomic E-state index is 12.8. The van der Waals surface area contributed by atoms with Gasteiger partial charge in [0.15, 0.2) is 0 Å². The van der Waals surface area contributed by atoms with Gasteiger partial charge in [-0.25, -0.2) is 0 Å². The largest absolute Gasteiger partial charge is 0.376 e. The Labute approximate surface area is 176 Å². The molecule has 3 fully saturated rings. The van der Waals surface area contributed by atoms with Gasteiger partial charge in [0.05, 0.1) is 19.1 Å². The van der Waals surface area contributed by atoms with E-state index in [0.717, 1.165) is 39.0 Å². The molecule has 6 heteroatoms. The number of nitrogens with zero attached hydrogens (tertiary/aromatic N) is 2. The van der Waals surface area contributed by atoms with Gasteiger partial charge in [0.1, 0.15) is 0 Å². The second-order valence-corrected chi connectivity index (χ2v) is 9.63. The fourth-order valence-corrected chi connectivity index (χ4v) is 5.59. The third-order valence-electron chi connectivity index (χ3n) is 7.22. The maximum Gasteiger partial charge on any atom is 0.225 e. The average molecular weight is 408 g/mol. The Bertz CT molecular complexity index is 558. The number of amides is 2. The fraction of sp³-hybridized carbons (Fsp3) is 0.913. The molecule has 0 unspecified atom stereocenters. The number of carbonyl (C=O) groups is 2. The van der Waals surface area contributed by atoms with E-state index in [2.05, 4.69) is 24.1 Å². The quantitative estimate of drug-likeness (QED) is 0.638. The second kappa shape index (κ2) is 10.3. The molecule has 166 valence electrons. The van der Waals surface area contributed by atoms with Crippen LogP contribution in [0.15, 0.2) is 0 Å². The lowest BCUT2D eigenvalue weighted by atomic mass is 9.84. The monoisotopic (exact) mass is 407 g/mol. The van der Waals surface area contributed by atoms with Crippen LogP contribution in [-0.4, -0.2) is 72.6 Å². The zero-order valence-electron chi connectivity index (χ0n) is 18.9. The number of hydrogen-bond donors (Lipinski definition) is 1. The lowest BCUT2D eigenvalue weighted by Gasteiger charge is -2.26. The standard InChI is InChI=1S/C23H41N3O3/c1-5-17(6-2)13-26-14-18(11-21(27)24-16(3)4)23-19(26)15-29-20(23)12-22(28)25-9-7-8-10-25/h16-20,23H,5-15H2,1-4H3,(H,24,27)/t18-,19-,20+,23-/m1/s1. The minimum atomic E-state index is -0.0448. The first-order valence-electron chi connectivity index (χ1n) is 11.9. The Morgan fingerprint density at radius 3 is 2.41 bits per heavy atom. The molecule has 0 saturated carbocycles. The third kappa shape index (κ3) is 5.52. The smallest absolute Gasteiger partial charge is 0.225 e. The van der Waals surface area contributed by atoms with Gasteiger partial charge < -0.3 is 15.0 Å². The molecule has 0 aromatic rings. The van der Waals surface area contributed by atoms with Crippen molar-refractivity contribution in [1.82, 2.24) is 15.1 Å². The molecule has 1 N–H and O–H groups in total. The van der Waals surface area contributed by atoms with Crippen LogP contribution in [0, 0.1) is 17.8 Å². The highest BCUT2D eigenvalue weighted by molar-refractivity contribution is 5.77. The van der Waals surface area contributed by atoms with Crippen molar-refractivity contribution in [1.29, 1.82) is 0 Å². The Hall–Kier alpha value is -1.14. The van der Waals surface area contributed by atoms with Crippen LogP contribution < -0.4 is 5.32 Å². The number of ether oxygens (including phenoxy) is 1. The molecule has 0 aromatic heterocycles. The van der Waals surface area contributed by atoms with Crippen molar-refractivity contribution in [2.75, 3.05) is 32.8 Å². The summed E-state index contributed by atoms with van der Waals surface area (Å²) in [6.07, 6.45) is 5.56. The minimum Gasteiger partial charge on any atom is -0.376 e. The predicted octanol–water partition coefficient (Wildman–Crippen LogP) is 2.67. The summed E-state index contributed by atoms with van der Waals surface area (Å²) in [4.78, 5) is 29.9. The molecule has 0 aromatic carbocycles. The number of carbonyl (C=O) groups excluding carboxylic acids is 2. The zero-order valence-corrected chi connectivity index (χ0v) is 18.9. The van der Waals surface area contributed by atoms with E-state index < -0.39 is 0 Å². The molecule has 0 spiro atoms. The molecular formula is C23H41N3O3. The third-order valence-corrected chi connectivity index (χ3v) is 7.22. The highest BCUT2D eigenvalue weighted by Crippen LogP contribution is 2.42. The van der Waals surface area contributed by atoms with Crippen molar-refractivity contribution in [3.63, 3.8) is 0 Å². The minimum absolute atomic E-state index is 0.0448. The van der Waals surface area contributed by atoms with E-state index in [1.807, 2.05) is 18.7 Å². The first-order valence-corrected chi connectivity index (χ1v) is 11.9. The number of nitrogens with one attached hydrogen (secondary N) is 1. The van der Waals surface area contributed by atoms with Crippen LogP contribution in [0.5, 0.6) is 0 Å². The van der Waals surface area contributed by atoms with Crippen molar-refractivity contribution in [2.24, 2.45) is 17.8 Å². The normalized spacial score (nSPS) is 29.8. The summed E-state index contributed by atoms with van der Waals surface area (Å²) in [7, 11) is 0.